The molecule has 3 unspecified atom stereocenters. The lowest BCUT2D eigenvalue weighted by molar-refractivity contribution is -0.140. The molecule has 2 aliphatic rings. The van der Waals surface area contributed by atoms with Gasteiger partial charge in [0.05, 0.1) is 11.8 Å². The molecule has 0 aromatic carbocycles. The van der Waals surface area contributed by atoms with E-state index in [-0.39, 0.29) is 11.8 Å². The standard InChI is InChI=1S/C12H20N2O3/c1-7(14(2)8-3-4-8)6-13-11(15)9-5-10(9)12(16)17/h7-10H,3-6H2,1-2H3,(H,13,15)(H,16,17). The Hall–Kier alpha value is -1.10. The van der Waals surface area contributed by atoms with Crippen LogP contribution in [0, 0.1) is 11.8 Å². The number of carboxylic acid groups (broad SMARTS) is 1. The maximum Gasteiger partial charge on any atom is 0.307 e. The van der Waals surface area contributed by atoms with Crippen LogP contribution in [0.15, 0.2) is 0 Å². The number of aliphatic carboxylic acids is 1. The number of amides is 1. The van der Waals surface area contributed by atoms with Gasteiger partial charge in [-0.1, -0.05) is 0 Å². The molecule has 3 atom stereocenters. The number of carboxylic acids is 1. The summed E-state index contributed by atoms with van der Waals surface area (Å²) in [7, 11) is 2.08. The van der Waals surface area contributed by atoms with E-state index in [4.69, 9.17) is 5.11 Å². The van der Waals surface area contributed by atoms with Crippen LogP contribution in [0.5, 0.6) is 0 Å². The maximum absolute atomic E-state index is 11.6. The molecule has 96 valence electrons. The number of hydrogen-bond acceptors (Lipinski definition) is 3. The lowest BCUT2D eigenvalue weighted by atomic mass is 10.2. The topological polar surface area (TPSA) is 69.6 Å². The lowest BCUT2D eigenvalue weighted by Crippen LogP contribution is -2.41. The van der Waals surface area contributed by atoms with Crippen LogP contribution < -0.4 is 5.32 Å². The summed E-state index contributed by atoms with van der Waals surface area (Å²) in [6, 6.07) is 0.989. The molecular formula is C12H20N2O3. The smallest absolute Gasteiger partial charge is 0.307 e. The highest BCUT2D eigenvalue weighted by atomic mass is 16.4. The van der Waals surface area contributed by atoms with Gasteiger partial charge >= 0.3 is 5.97 Å². The van der Waals surface area contributed by atoms with Gasteiger partial charge in [0.15, 0.2) is 0 Å². The quantitative estimate of drug-likeness (QED) is 0.701. The molecule has 17 heavy (non-hydrogen) atoms. The number of likely N-dealkylation sites (N-methyl/N-ethyl adjacent to an activating group) is 1. The van der Waals surface area contributed by atoms with Crippen LogP contribution >= 0.6 is 0 Å². The van der Waals surface area contributed by atoms with Crippen LogP contribution in [0.2, 0.25) is 0 Å². The SMILES string of the molecule is CC(CNC(=O)C1CC1C(=O)O)N(C)C1CC1. The van der Waals surface area contributed by atoms with E-state index in [2.05, 4.69) is 24.2 Å². The number of nitrogens with one attached hydrogen (secondary N) is 1. The van der Waals surface area contributed by atoms with Crippen molar-refractivity contribution >= 4 is 11.9 Å². The molecule has 2 aliphatic carbocycles. The van der Waals surface area contributed by atoms with Gasteiger partial charge in [-0.2, -0.15) is 0 Å². The van der Waals surface area contributed by atoms with Gasteiger partial charge in [-0.05, 0) is 33.2 Å². The van der Waals surface area contributed by atoms with Gasteiger partial charge in [-0.3, -0.25) is 14.5 Å². The van der Waals surface area contributed by atoms with E-state index >= 15 is 0 Å². The Bertz CT molecular complexity index is 328. The first-order valence-electron chi connectivity index (χ1n) is 6.23. The Labute approximate surface area is 101 Å². The van der Waals surface area contributed by atoms with E-state index in [0.29, 0.717) is 25.0 Å². The minimum atomic E-state index is -0.853. The molecule has 2 N–H and O–H groups in total. The number of carbonyl (C=O) groups is 2. The summed E-state index contributed by atoms with van der Waals surface area (Å²) in [5, 5.41) is 11.6. The second kappa shape index (κ2) is 4.64. The molecule has 0 radical (unpaired) electrons. The third-order valence-corrected chi connectivity index (χ3v) is 3.83. The molecule has 0 heterocycles. The lowest BCUT2D eigenvalue weighted by Gasteiger charge is -2.24. The molecule has 2 fully saturated rings. The summed E-state index contributed by atoms with van der Waals surface area (Å²) in [4.78, 5) is 24.6. The van der Waals surface area contributed by atoms with Crippen molar-refractivity contribution in [2.45, 2.75) is 38.3 Å². The molecule has 2 saturated carbocycles. The largest absolute Gasteiger partial charge is 0.481 e. The predicted octanol–water partition coefficient (Wildman–Crippen LogP) is 0.306. The van der Waals surface area contributed by atoms with Gasteiger partial charge in [-0.25, -0.2) is 0 Å². The summed E-state index contributed by atoms with van der Waals surface area (Å²) >= 11 is 0. The fourth-order valence-corrected chi connectivity index (χ4v) is 2.12. The average Bonchev–Trinajstić information content (AvgIpc) is 3.16. The Morgan fingerprint density at radius 3 is 2.53 bits per heavy atom. The third-order valence-electron chi connectivity index (χ3n) is 3.83. The van der Waals surface area contributed by atoms with Gasteiger partial charge in [0.25, 0.3) is 0 Å². The zero-order valence-electron chi connectivity index (χ0n) is 10.3. The van der Waals surface area contributed by atoms with E-state index in [1.54, 1.807) is 0 Å². The van der Waals surface area contributed by atoms with Crippen molar-refractivity contribution in [3.05, 3.63) is 0 Å². The molecule has 0 aromatic heterocycles. The Balaban J connectivity index is 1.68. The second-order valence-corrected chi connectivity index (χ2v) is 5.28. The molecule has 0 aliphatic heterocycles. The summed E-state index contributed by atoms with van der Waals surface area (Å²) in [5.74, 6) is -1.71. The van der Waals surface area contributed by atoms with Gasteiger partial charge in [-0.15, -0.1) is 0 Å². The van der Waals surface area contributed by atoms with Gasteiger partial charge in [0, 0.05) is 18.6 Å². The van der Waals surface area contributed by atoms with Crippen molar-refractivity contribution < 1.29 is 14.7 Å². The van der Waals surface area contributed by atoms with E-state index in [0.717, 1.165) is 0 Å². The summed E-state index contributed by atoms with van der Waals surface area (Å²) in [5.41, 5.74) is 0. The molecule has 5 heteroatoms. The number of carbonyl (C=O) groups excluding carboxylic acids is 1. The predicted molar refractivity (Wildman–Crippen MR) is 62.5 cm³/mol. The number of rotatable bonds is 6. The molecule has 0 bridgehead atoms. The minimum Gasteiger partial charge on any atom is -0.481 e. The third kappa shape index (κ3) is 2.97. The van der Waals surface area contributed by atoms with E-state index in [1.807, 2.05) is 0 Å². The molecular weight excluding hydrogens is 220 g/mol. The zero-order valence-corrected chi connectivity index (χ0v) is 10.3. The average molecular weight is 240 g/mol. The fourth-order valence-electron chi connectivity index (χ4n) is 2.12. The van der Waals surface area contributed by atoms with Gasteiger partial charge < -0.3 is 10.4 Å². The van der Waals surface area contributed by atoms with E-state index in [9.17, 15) is 9.59 Å². The van der Waals surface area contributed by atoms with Crippen LogP contribution in [0.25, 0.3) is 0 Å². The fraction of sp³-hybridized carbons (Fsp3) is 0.833. The maximum atomic E-state index is 11.6. The van der Waals surface area contributed by atoms with Crippen molar-refractivity contribution in [2.75, 3.05) is 13.6 Å². The number of nitrogens with zero attached hydrogens (tertiary/aromatic N) is 1. The summed E-state index contributed by atoms with van der Waals surface area (Å²) in [6.07, 6.45) is 2.99. The highest BCUT2D eigenvalue weighted by Crippen LogP contribution is 2.38. The Morgan fingerprint density at radius 1 is 1.41 bits per heavy atom. The van der Waals surface area contributed by atoms with E-state index < -0.39 is 11.9 Å². The monoisotopic (exact) mass is 240 g/mol. The summed E-state index contributed by atoms with van der Waals surface area (Å²) < 4.78 is 0. The van der Waals surface area contributed by atoms with Crippen molar-refractivity contribution in [1.82, 2.24) is 10.2 Å². The highest BCUT2D eigenvalue weighted by Gasteiger charge is 2.48. The minimum absolute atomic E-state index is 0.103. The van der Waals surface area contributed by atoms with Crippen molar-refractivity contribution in [1.29, 1.82) is 0 Å². The molecule has 0 saturated heterocycles. The Kier molecular flexibility index (Phi) is 3.38. The van der Waals surface area contributed by atoms with Crippen LogP contribution in [0.4, 0.5) is 0 Å². The molecule has 0 aromatic rings. The number of hydrogen-bond donors (Lipinski definition) is 2. The highest BCUT2D eigenvalue weighted by molar-refractivity contribution is 5.89. The van der Waals surface area contributed by atoms with Crippen molar-refractivity contribution in [3.63, 3.8) is 0 Å². The van der Waals surface area contributed by atoms with Crippen molar-refractivity contribution in [2.24, 2.45) is 11.8 Å². The molecule has 1 amide bonds. The first kappa shape index (κ1) is 12.4. The van der Waals surface area contributed by atoms with E-state index in [1.165, 1.54) is 12.8 Å². The first-order chi connectivity index (χ1) is 8.00. The van der Waals surface area contributed by atoms with Gasteiger partial charge in [0.1, 0.15) is 0 Å². The molecule has 2 rings (SSSR count). The van der Waals surface area contributed by atoms with Gasteiger partial charge in [0.2, 0.25) is 5.91 Å². The van der Waals surface area contributed by atoms with Crippen LogP contribution in [-0.2, 0) is 9.59 Å². The van der Waals surface area contributed by atoms with Crippen LogP contribution in [-0.4, -0.2) is 47.6 Å². The molecule has 5 nitrogen and oxygen atoms in total. The second-order valence-electron chi connectivity index (χ2n) is 5.28. The normalized spacial score (nSPS) is 28.9. The first-order valence-corrected chi connectivity index (χ1v) is 6.23. The van der Waals surface area contributed by atoms with Crippen LogP contribution in [0.1, 0.15) is 26.2 Å². The van der Waals surface area contributed by atoms with Crippen molar-refractivity contribution in [3.8, 4) is 0 Å². The summed E-state index contributed by atoms with van der Waals surface area (Å²) in [6.45, 7) is 2.69. The zero-order chi connectivity index (χ0) is 12.6. The van der Waals surface area contributed by atoms with Crippen LogP contribution in [0.3, 0.4) is 0 Å². The Morgan fingerprint density at radius 2 is 2.06 bits per heavy atom. The molecule has 0 spiro atoms.